The molecule has 1 amide bonds. The molecule has 15 heavy (non-hydrogen) atoms. The Balaban J connectivity index is 2.78. The molecule has 1 atom stereocenters. The first kappa shape index (κ1) is 12.6. The molecule has 0 saturated carbocycles. The predicted molar refractivity (Wildman–Crippen MR) is 47.5 cm³/mol. The standard InChI is InChI=1S/C8H11ClF3NO2/c9-3-6(15)13-2-1-7(4-13,5-14)8(10,11)12/h14H,1-5H2/t7-/m0/s1. The summed E-state index contributed by atoms with van der Waals surface area (Å²) in [5.41, 5.74) is -2.17. The smallest absolute Gasteiger partial charge is 0.395 e. The van der Waals surface area contributed by atoms with Crippen molar-refractivity contribution >= 4 is 17.5 Å². The van der Waals surface area contributed by atoms with Crippen LogP contribution in [0.25, 0.3) is 0 Å². The minimum atomic E-state index is -4.50. The number of amides is 1. The van der Waals surface area contributed by atoms with Gasteiger partial charge in [-0.05, 0) is 6.42 Å². The number of hydrogen-bond acceptors (Lipinski definition) is 2. The van der Waals surface area contributed by atoms with E-state index in [2.05, 4.69) is 0 Å². The number of carbonyl (C=O) groups excluding carboxylic acids is 1. The molecule has 1 rings (SSSR count). The van der Waals surface area contributed by atoms with Crippen LogP contribution in [0.5, 0.6) is 0 Å². The molecule has 0 aliphatic carbocycles. The summed E-state index contributed by atoms with van der Waals surface area (Å²) in [5.74, 6) is -0.865. The van der Waals surface area contributed by atoms with E-state index in [4.69, 9.17) is 16.7 Å². The average molecular weight is 246 g/mol. The maximum absolute atomic E-state index is 12.6. The van der Waals surface area contributed by atoms with Gasteiger partial charge in [-0.3, -0.25) is 4.79 Å². The molecule has 1 N–H and O–H groups in total. The first-order valence-corrected chi connectivity index (χ1v) is 4.91. The van der Waals surface area contributed by atoms with E-state index in [1.807, 2.05) is 0 Å². The van der Waals surface area contributed by atoms with E-state index < -0.39 is 30.7 Å². The molecule has 0 spiro atoms. The Morgan fingerprint density at radius 1 is 1.53 bits per heavy atom. The molecule has 0 aromatic carbocycles. The lowest BCUT2D eigenvalue weighted by molar-refractivity contribution is -0.230. The normalized spacial score (nSPS) is 27.1. The van der Waals surface area contributed by atoms with Crippen molar-refractivity contribution in [3.63, 3.8) is 0 Å². The van der Waals surface area contributed by atoms with Crippen LogP contribution in [-0.4, -0.2) is 47.7 Å². The van der Waals surface area contributed by atoms with Crippen molar-refractivity contribution in [1.29, 1.82) is 0 Å². The molecule has 3 nitrogen and oxygen atoms in total. The van der Waals surface area contributed by atoms with E-state index in [9.17, 15) is 18.0 Å². The quantitative estimate of drug-likeness (QED) is 0.738. The fourth-order valence-electron chi connectivity index (χ4n) is 1.62. The molecular formula is C8H11ClF3NO2. The van der Waals surface area contributed by atoms with Gasteiger partial charge in [0, 0.05) is 13.1 Å². The van der Waals surface area contributed by atoms with Crippen LogP contribution >= 0.6 is 11.6 Å². The zero-order valence-corrected chi connectivity index (χ0v) is 8.61. The number of aliphatic hydroxyl groups is 1. The highest BCUT2D eigenvalue weighted by atomic mass is 35.5. The third kappa shape index (κ3) is 2.20. The van der Waals surface area contributed by atoms with Gasteiger partial charge in [-0.2, -0.15) is 13.2 Å². The molecule has 7 heteroatoms. The van der Waals surface area contributed by atoms with E-state index in [0.717, 1.165) is 4.90 Å². The van der Waals surface area contributed by atoms with Crippen LogP contribution in [0.1, 0.15) is 6.42 Å². The molecule has 1 aliphatic rings. The van der Waals surface area contributed by atoms with Gasteiger partial charge in [-0.1, -0.05) is 0 Å². The Hall–Kier alpha value is -0.490. The minimum Gasteiger partial charge on any atom is -0.395 e. The molecule has 1 aliphatic heterocycles. The van der Waals surface area contributed by atoms with E-state index in [1.54, 1.807) is 0 Å². The summed E-state index contributed by atoms with van der Waals surface area (Å²) in [6.07, 6.45) is -4.77. The highest BCUT2D eigenvalue weighted by molar-refractivity contribution is 6.27. The third-order valence-corrected chi connectivity index (χ3v) is 2.95. The van der Waals surface area contributed by atoms with Gasteiger partial charge in [-0.15, -0.1) is 11.6 Å². The van der Waals surface area contributed by atoms with Crippen LogP contribution in [0.2, 0.25) is 0 Å². The number of alkyl halides is 4. The second-order valence-corrected chi connectivity index (χ2v) is 3.90. The first-order valence-electron chi connectivity index (χ1n) is 4.37. The highest BCUT2D eigenvalue weighted by Gasteiger charge is 2.58. The van der Waals surface area contributed by atoms with Crippen molar-refractivity contribution in [2.24, 2.45) is 5.41 Å². The average Bonchev–Trinajstić information content (AvgIpc) is 2.61. The molecule has 1 heterocycles. The van der Waals surface area contributed by atoms with Crippen molar-refractivity contribution in [3.05, 3.63) is 0 Å². The second-order valence-electron chi connectivity index (χ2n) is 3.64. The number of nitrogens with zero attached hydrogens (tertiary/aromatic N) is 1. The second kappa shape index (κ2) is 4.17. The van der Waals surface area contributed by atoms with Crippen LogP contribution < -0.4 is 0 Å². The molecule has 0 aromatic heterocycles. The summed E-state index contributed by atoms with van der Waals surface area (Å²) in [7, 11) is 0. The maximum Gasteiger partial charge on any atom is 0.398 e. The monoisotopic (exact) mass is 245 g/mol. The van der Waals surface area contributed by atoms with E-state index in [1.165, 1.54) is 0 Å². The van der Waals surface area contributed by atoms with E-state index in [-0.39, 0.29) is 18.8 Å². The maximum atomic E-state index is 12.6. The van der Waals surface area contributed by atoms with Crippen LogP contribution in [0.4, 0.5) is 13.2 Å². The van der Waals surface area contributed by atoms with Crippen LogP contribution in [0, 0.1) is 5.41 Å². The molecule has 0 unspecified atom stereocenters. The summed E-state index contributed by atoms with van der Waals surface area (Å²) < 4.78 is 37.9. The SMILES string of the molecule is O=C(CCl)N1CC[C@](CO)(C(F)(F)F)C1. The van der Waals surface area contributed by atoms with Crippen molar-refractivity contribution < 1.29 is 23.1 Å². The van der Waals surface area contributed by atoms with E-state index >= 15 is 0 Å². The van der Waals surface area contributed by atoms with Crippen LogP contribution in [0.3, 0.4) is 0 Å². The Morgan fingerprint density at radius 2 is 2.13 bits per heavy atom. The summed E-state index contributed by atoms with van der Waals surface area (Å²) >= 11 is 5.25. The minimum absolute atomic E-state index is 0.00831. The van der Waals surface area contributed by atoms with Crippen molar-refractivity contribution in [3.8, 4) is 0 Å². The largest absolute Gasteiger partial charge is 0.398 e. The predicted octanol–water partition coefficient (Wildman–Crippen LogP) is 0.998. The number of halogens is 4. The van der Waals surface area contributed by atoms with Gasteiger partial charge in [0.15, 0.2) is 0 Å². The Kier molecular flexibility index (Phi) is 3.50. The summed E-state index contributed by atoms with van der Waals surface area (Å²) in [6, 6.07) is 0. The molecule has 1 fully saturated rings. The molecule has 1 saturated heterocycles. The molecular weight excluding hydrogens is 235 g/mol. The molecule has 88 valence electrons. The van der Waals surface area contributed by atoms with Gasteiger partial charge in [0.25, 0.3) is 0 Å². The van der Waals surface area contributed by atoms with Gasteiger partial charge in [0.05, 0.1) is 6.61 Å². The van der Waals surface area contributed by atoms with E-state index in [0.29, 0.717) is 0 Å². The summed E-state index contributed by atoms with van der Waals surface area (Å²) in [4.78, 5) is 12.1. The lowest BCUT2D eigenvalue weighted by Crippen LogP contribution is -2.44. The number of carbonyl (C=O) groups is 1. The third-order valence-electron chi connectivity index (χ3n) is 2.72. The fourth-order valence-corrected chi connectivity index (χ4v) is 1.79. The fraction of sp³-hybridized carbons (Fsp3) is 0.875. The summed E-state index contributed by atoms with van der Waals surface area (Å²) in [5, 5.41) is 8.83. The Morgan fingerprint density at radius 3 is 2.47 bits per heavy atom. The Labute approximate surface area is 89.8 Å². The zero-order chi connectivity index (χ0) is 11.7. The van der Waals surface area contributed by atoms with Crippen molar-refractivity contribution in [1.82, 2.24) is 4.90 Å². The van der Waals surface area contributed by atoms with Gasteiger partial charge < -0.3 is 10.0 Å². The van der Waals surface area contributed by atoms with Gasteiger partial charge in [-0.25, -0.2) is 0 Å². The van der Waals surface area contributed by atoms with Crippen LogP contribution in [0.15, 0.2) is 0 Å². The Bertz CT molecular complexity index is 259. The number of rotatable bonds is 2. The van der Waals surface area contributed by atoms with Gasteiger partial charge in [0.2, 0.25) is 5.91 Å². The highest BCUT2D eigenvalue weighted by Crippen LogP contribution is 2.44. The molecule has 0 radical (unpaired) electrons. The van der Waals surface area contributed by atoms with Crippen molar-refractivity contribution in [2.45, 2.75) is 12.6 Å². The number of likely N-dealkylation sites (tertiary alicyclic amines) is 1. The van der Waals surface area contributed by atoms with Crippen LogP contribution in [-0.2, 0) is 4.79 Å². The number of hydrogen-bond donors (Lipinski definition) is 1. The van der Waals surface area contributed by atoms with Gasteiger partial charge >= 0.3 is 6.18 Å². The molecule has 0 bridgehead atoms. The molecule has 0 aromatic rings. The zero-order valence-electron chi connectivity index (χ0n) is 7.85. The van der Waals surface area contributed by atoms with Crippen molar-refractivity contribution in [2.75, 3.05) is 25.6 Å². The topological polar surface area (TPSA) is 40.5 Å². The lowest BCUT2D eigenvalue weighted by Gasteiger charge is -2.29. The number of aliphatic hydroxyl groups excluding tert-OH is 1. The lowest BCUT2D eigenvalue weighted by atomic mass is 9.87. The first-order chi connectivity index (χ1) is 6.86. The van der Waals surface area contributed by atoms with Gasteiger partial charge in [0.1, 0.15) is 11.3 Å². The summed E-state index contributed by atoms with van der Waals surface area (Å²) in [6.45, 7) is -1.51.